The van der Waals surface area contributed by atoms with E-state index >= 15 is 0 Å². The SMILES string of the molecule is CCC(C)(CC)[Si](CC)(OS(=O)(=O)C(F)(F)F)OS(=O)(=O)C(F)(F)F. The average molecular weight is 440 g/mol. The maximum Gasteiger partial charge on any atom is 0.522 e. The number of halogens is 6. The molecule has 0 aliphatic heterocycles. The van der Waals surface area contributed by atoms with Gasteiger partial charge in [-0.25, -0.2) is 0 Å². The van der Waals surface area contributed by atoms with Gasteiger partial charge in [0.25, 0.3) is 0 Å². The molecule has 0 fully saturated rings. The number of hydrogen-bond acceptors (Lipinski definition) is 6. The lowest BCUT2D eigenvalue weighted by molar-refractivity contribution is -0.0538. The van der Waals surface area contributed by atoms with Crippen LogP contribution in [0.4, 0.5) is 26.3 Å². The Hall–Kier alpha value is -0.383. The van der Waals surface area contributed by atoms with Gasteiger partial charge in [-0.15, -0.1) is 0 Å². The molecule has 0 radical (unpaired) electrons. The van der Waals surface area contributed by atoms with Crippen molar-refractivity contribution in [3.05, 3.63) is 0 Å². The van der Waals surface area contributed by atoms with Crippen LogP contribution in [0.25, 0.3) is 0 Å². The van der Waals surface area contributed by atoms with Crippen molar-refractivity contribution in [2.45, 2.75) is 62.6 Å². The molecule has 152 valence electrons. The molecule has 0 aliphatic carbocycles. The Morgan fingerprint density at radius 2 is 1.04 bits per heavy atom. The summed E-state index contributed by atoms with van der Waals surface area (Å²) in [6, 6.07) is -0.782. The molecule has 15 heteroatoms. The standard InChI is InChI=1S/C10H18F6O6S2Si/c1-5-8(4,6-2)25(7-3,21-23(17,18)9(11,12)13)22-24(19,20)10(14,15)16/h5-7H2,1-4H3. The van der Waals surface area contributed by atoms with Crippen molar-refractivity contribution in [3.63, 3.8) is 0 Å². The van der Waals surface area contributed by atoms with E-state index in [1.807, 2.05) is 0 Å². The summed E-state index contributed by atoms with van der Waals surface area (Å²) >= 11 is 0. The van der Waals surface area contributed by atoms with Gasteiger partial charge in [0.1, 0.15) is 0 Å². The third-order valence-corrected chi connectivity index (χ3v) is 12.5. The van der Waals surface area contributed by atoms with Gasteiger partial charge in [-0.3, -0.25) is 7.74 Å². The molecule has 0 amide bonds. The molecular formula is C10H18F6O6S2Si. The van der Waals surface area contributed by atoms with E-state index in [4.69, 9.17) is 0 Å². The lowest BCUT2D eigenvalue weighted by Crippen LogP contribution is -2.56. The molecular weight excluding hydrogens is 422 g/mol. The smallest absolute Gasteiger partial charge is 0.276 e. The molecule has 0 N–H and O–H groups in total. The summed E-state index contributed by atoms with van der Waals surface area (Å²) in [5.74, 6) is 0. The van der Waals surface area contributed by atoms with Crippen molar-refractivity contribution >= 4 is 28.8 Å². The highest BCUT2D eigenvalue weighted by Crippen LogP contribution is 2.51. The summed E-state index contributed by atoms with van der Waals surface area (Å²) in [6.45, 7) is 4.82. The largest absolute Gasteiger partial charge is 0.522 e. The zero-order valence-electron chi connectivity index (χ0n) is 13.7. The van der Waals surface area contributed by atoms with Crippen molar-refractivity contribution in [2.75, 3.05) is 0 Å². The minimum absolute atomic E-state index is 0.176. The van der Waals surface area contributed by atoms with Gasteiger partial charge in [-0.2, -0.15) is 43.2 Å². The quantitative estimate of drug-likeness (QED) is 0.325. The summed E-state index contributed by atoms with van der Waals surface area (Å²) in [7, 11) is -17.9. The fourth-order valence-electron chi connectivity index (χ4n) is 2.00. The zero-order chi connectivity index (χ0) is 20.5. The fraction of sp³-hybridized carbons (Fsp3) is 1.00. The lowest BCUT2D eigenvalue weighted by atomic mass is 10.1. The van der Waals surface area contributed by atoms with Gasteiger partial charge in [0.2, 0.25) is 0 Å². The van der Waals surface area contributed by atoms with Crippen LogP contribution in [0.1, 0.15) is 40.5 Å². The second-order valence-corrected chi connectivity index (χ2v) is 12.8. The Morgan fingerprint density at radius 1 is 0.760 bits per heavy atom. The predicted octanol–water partition coefficient (Wildman–Crippen LogP) is 3.76. The van der Waals surface area contributed by atoms with Crippen molar-refractivity contribution in [1.82, 2.24) is 0 Å². The summed E-state index contributed by atoms with van der Waals surface area (Å²) in [5, 5.41) is -1.67. The van der Waals surface area contributed by atoms with Gasteiger partial charge in [-0.1, -0.05) is 27.7 Å². The molecule has 0 aromatic carbocycles. The Bertz CT molecular complexity index is 619. The molecule has 0 bridgehead atoms. The monoisotopic (exact) mass is 440 g/mol. The van der Waals surface area contributed by atoms with E-state index < -0.39 is 50.9 Å². The Kier molecular flexibility index (Phi) is 7.21. The van der Waals surface area contributed by atoms with E-state index in [1.54, 1.807) is 0 Å². The van der Waals surface area contributed by atoms with Gasteiger partial charge in [-0.05, 0) is 18.9 Å². The number of rotatable bonds is 8. The van der Waals surface area contributed by atoms with Crippen molar-refractivity contribution in [2.24, 2.45) is 0 Å². The maximum atomic E-state index is 12.6. The average Bonchev–Trinajstić information content (AvgIpc) is 2.42. The highest BCUT2D eigenvalue weighted by molar-refractivity contribution is 7.90. The summed E-state index contributed by atoms with van der Waals surface area (Å²) in [6.07, 6.45) is -0.353. The van der Waals surface area contributed by atoms with E-state index in [2.05, 4.69) is 7.74 Å². The molecule has 0 aromatic rings. The molecule has 0 unspecified atom stereocenters. The first-order chi connectivity index (χ1) is 10.8. The molecule has 0 saturated carbocycles. The molecule has 0 aliphatic rings. The van der Waals surface area contributed by atoms with Crippen LogP contribution in [-0.4, -0.2) is 36.4 Å². The molecule has 0 heterocycles. The van der Waals surface area contributed by atoms with Crippen LogP contribution in [0.3, 0.4) is 0 Å². The summed E-state index contributed by atoms with van der Waals surface area (Å²) < 4.78 is 130. The first kappa shape index (κ1) is 24.6. The second-order valence-electron chi connectivity index (χ2n) is 5.34. The van der Waals surface area contributed by atoms with Crippen LogP contribution in [0.2, 0.25) is 11.1 Å². The highest BCUT2D eigenvalue weighted by atomic mass is 32.2. The van der Waals surface area contributed by atoms with Crippen LogP contribution in [-0.2, 0) is 28.0 Å². The van der Waals surface area contributed by atoms with Gasteiger partial charge in [0.05, 0.1) is 0 Å². The molecule has 6 nitrogen and oxygen atoms in total. The van der Waals surface area contributed by atoms with Crippen LogP contribution >= 0.6 is 0 Å². The third-order valence-electron chi connectivity index (χ3n) is 4.00. The van der Waals surface area contributed by atoms with Gasteiger partial charge in [0.15, 0.2) is 0 Å². The van der Waals surface area contributed by atoms with Crippen molar-refractivity contribution in [1.29, 1.82) is 0 Å². The third kappa shape index (κ3) is 4.87. The Morgan fingerprint density at radius 3 is 1.20 bits per heavy atom. The van der Waals surface area contributed by atoms with Gasteiger partial charge in [0, 0.05) is 5.04 Å². The molecule has 0 atom stereocenters. The van der Waals surface area contributed by atoms with E-state index in [9.17, 15) is 43.2 Å². The van der Waals surface area contributed by atoms with Gasteiger partial charge >= 0.3 is 39.8 Å². The van der Waals surface area contributed by atoms with Crippen molar-refractivity contribution in [3.8, 4) is 0 Å². The zero-order valence-corrected chi connectivity index (χ0v) is 16.3. The molecule has 0 rings (SSSR count). The number of hydrogen-bond donors (Lipinski definition) is 0. The molecule has 0 spiro atoms. The van der Waals surface area contributed by atoms with E-state index in [0.717, 1.165) is 13.8 Å². The lowest BCUT2D eigenvalue weighted by Gasteiger charge is -2.42. The van der Waals surface area contributed by atoms with E-state index in [-0.39, 0.29) is 12.8 Å². The second kappa shape index (κ2) is 7.32. The molecule has 0 aromatic heterocycles. The number of alkyl halides is 6. The van der Waals surface area contributed by atoms with Crippen molar-refractivity contribution < 1.29 is 50.9 Å². The first-order valence-corrected chi connectivity index (χ1v) is 11.7. The fourth-order valence-corrected chi connectivity index (χ4v) is 10.4. The van der Waals surface area contributed by atoms with Gasteiger partial charge < -0.3 is 0 Å². The normalized spacial score (nSPS) is 15.4. The molecule has 25 heavy (non-hydrogen) atoms. The van der Waals surface area contributed by atoms with E-state index in [0.29, 0.717) is 0 Å². The van der Waals surface area contributed by atoms with Crippen LogP contribution in [0.5, 0.6) is 0 Å². The van der Waals surface area contributed by atoms with E-state index in [1.165, 1.54) is 13.8 Å². The molecule has 0 saturated heterocycles. The predicted molar refractivity (Wildman–Crippen MR) is 77.3 cm³/mol. The summed E-state index contributed by atoms with van der Waals surface area (Å²) in [5.41, 5.74) is -11.9. The van der Waals surface area contributed by atoms with Crippen LogP contribution < -0.4 is 0 Å². The topological polar surface area (TPSA) is 86.7 Å². The minimum atomic E-state index is -6.38. The maximum absolute atomic E-state index is 12.6. The Balaban J connectivity index is 6.53. The highest BCUT2D eigenvalue weighted by Gasteiger charge is 2.64. The Labute approximate surface area is 143 Å². The summed E-state index contributed by atoms with van der Waals surface area (Å²) in [4.78, 5) is 0. The van der Waals surface area contributed by atoms with Crippen LogP contribution in [0.15, 0.2) is 0 Å². The minimum Gasteiger partial charge on any atom is -0.276 e. The van der Waals surface area contributed by atoms with Crippen LogP contribution in [0, 0.1) is 0 Å². The first-order valence-electron chi connectivity index (χ1n) is 6.88.